The van der Waals surface area contributed by atoms with E-state index in [-0.39, 0.29) is 11.5 Å². The van der Waals surface area contributed by atoms with E-state index in [4.69, 9.17) is 5.21 Å². The van der Waals surface area contributed by atoms with Crippen molar-refractivity contribution in [1.82, 2.24) is 15.4 Å². The van der Waals surface area contributed by atoms with Crippen molar-refractivity contribution in [3.63, 3.8) is 0 Å². The summed E-state index contributed by atoms with van der Waals surface area (Å²) in [6, 6.07) is 8.09. The fourth-order valence-electron chi connectivity index (χ4n) is 2.78. The van der Waals surface area contributed by atoms with Crippen LogP contribution >= 0.6 is 0 Å². The fourth-order valence-corrected chi connectivity index (χ4v) is 2.78. The van der Waals surface area contributed by atoms with Gasteiger partial charge in [0.1, 0.15) is 5.82 Å². The number of rotatable bonds is 2. The van der Waals surface area contributed by atoms with Crippen LogP contribution in [0.4, 0.5) is 0 Å². The summed E-state index contributed by atoms with van der Waals surface area (Å²) in [4.78, 5) is 20.2. The molecule has 0 radical (unpaired) electrons. The highest BCUT2D eigenvalue weighted by atomic mass is 16.5. The highest BCUT2D eigenvalue weighted by molar-refractivity contribution is 5.92. The maximum absolute atomic E-state index is 11.5. The van der Waals surface area contributed by atoms with Crippen LogP contribution in [0, 0.1) is 0 Å². The molecule has 26 heavy (non-hydrogen) atoms. The third-order valence-electron chi connectivity index (χ3n) is 4.12. The molecule has 1 unspecified atom stereocenters. The maximum Gasteiger partial charge on any atom is 0.277 e. The number of hydrogen-bond donors (Lipinski definition) is 2. The second-order valence-electron chi connectivity index (χ2n) is 5.88. The molecule has 2 aromatic rings. The van der Waals surface area contributed by atoms with Crippen molar-refractivity contribution in [2.24, 2.45) is 0 Å². The number of nitrogens with zero attached hydrogens (tertiary/aromatic N) is 2. The highest BCUT2D eigenvalue weighted by Crippen LogP contribution is 2.30. The molecule has 1 heterocycles. The van der Waals surface area contributed by atoms with Gasteiger partial charge in [-0.15, -0.1) is 0 Å². The number of hydrogen-bond acceptors (Lipinski definition) is 4. The number of carbonyl (C=O) groups is 1. The summed E-state index contributed by atoms with van der Waals surface area (Å²) >= 11 is 0. The zero-order chi connectivity index (χ0) is 18.4. The topological polar surface area (TPSA) is 75.1 Å². The Balaban J connectivity index is 2.04. The fraction of sp³-hybridized carbons (Fsp3) is 0.0952. The first-order valence-corrected chi connectivity index (χ1v) is 8.24. The van der Waals surface area contributed by atoms with Crippen LogP contribution in [0.5, 0.6) is 0 Å². The van der Waals surface area contributed by atoms with E-state index in [0.717, 1.165) is 16.7 Å². The van der Waals surface area contributed by atoms with E-state index in [2.05, 4.69) is 28.7 Å². The average Bonchev–Trinajstić information content (AvgIpc) is 2.72. The van der Waals surface area contributed by atoms with Gasteiger partial charge in [0.2, 0.25) is 0 Å². The van der Waals surface area contributed by atoms with Crippen molar-refractivity contribution < 1.29 is 10.0 Å². The molecule has 1 aromatic carbocycles. The van der Waals surface area contributed by atoms with Crippen LogP contribution in [0.15, 0.2) is 79.2 Å². The molecule has 0 fully saturated rings. The molecule has 5 heteroatoms. The molecular weight excluding hydrogens is 326 g/mol. The van der Waals surface area contributed by atoms with E-state index in [9.17, 15) is 4.79 Å². The molecule has 5 nitrogen and oxygen atoms in total. The molecular formula is C21H19N3O2. The summed E-state index contributed by atoms with van der Waals surface area (Å²) in [5, 5.41) is 8.73. The van der Waals surface area contributed by atoms with Crippen LogP contribution in [0.3, 0.4) is 0 Å². The van der Waals surface area contributed by atoms with Gasteiger partial charge in [0, 0.05) is 18.3 Å². The number of carbonyl (C=O) groups excluding carboxylic acids is 1. The van der Waals surface area contributed by atoms with Crippen molar-refractivity contribution in [2.45, 2.75) is 12.3 Å². The number of hydroxylamine groups is 1. The standard InChI is InChI=1S/C21H19N3O2/c1-15-7-3-2-4-10-19(18-9-6-5-8-16(18)12-11-15)20-22-13-17(14-23-20)21(25)24-26/h2-9,11-14,19,26H,1,10H2,(H,24,25)/b4-2-,7-3-,12-11-. The largest absolute Gasteiger partial charge is 0.288 e. The molecule has 0 bridgehead atoms. The Morgan fingerprint density at radius 1 is 1.12 bits per heavy atom. The van der Waals surface area contributed by atoms with E-state index in [1.165, 1.54) is 12.4 Å². The van der Waals surface area contributed by atoms with Crippen LogP contribution in [0.25, 0.3) is 6.08 Å². The Bertz CT molecular complexity index is 896. The van der Waals surface area contributed by atoms with Gasteiger partial charge in [-0.05, 0) is 23.1 Å². The van der Waals surface area contributed by atoms with Gasteiger partial charge in [-0.1, -0.05) is 67.3 Å². The lowest BCUT2D eigenvalue weighted by Gasteiger charge is -2.17. The van der Waals surface area contributed by atoms with E-state index in [1.54, 1.807) is 5.48 Å². The zero-order valence-corrected chi connectivity index (χ0v) is 14.2. The van der Waals surface area contributed by atoms with Crippen LogP contribution < -0.4 is 5.48 Å². The zero-order valence-electron chi connectivity index (χ0n) is 14.2. The van der Waals surface area contributed by atoms with Gasteiger partial charge in [-0.3, -0.25) is 10.0 Å². The lowest BCUT2D eigenvalue weighted by molar-refractivity contribution is 0.0705. The van der Waals surface area contributed by atoms with Crippen LogP contribution in [-0.2, 0) is 0 Å². The molecule has 1 aliphatic carbocycles. The third kappa shape index (κ3) is 4.02. The first-order valence-electron chi connectivity index (χ1n) is 8.24. The van der Waals surface area contributed by atoms with Gasteiger partial charge in [0.05, 0.1) is 5.56 Å². The molecule has 1 aliphatic rings. The van der Waals surface area contributed by atoms with Crippen LogP contribution in [0.2, 0.25) is 0 Å². The Hall–Kier alpha value is -3.31. The normalized spacial score (nSPS) is 20.3. The average molecular weight is 345 g/mol. The van der Waals surface area contributed by atoms with Gasteiger partial charge >= 0.3 is 0 Å². The number of nitrogens with one attached hydrogen (secondary N) is 1. The lowest BCUT2D eigenvalue weighted by Crippen LogP contribution is -2.19. The van der Waals surface area contributed by atoms with Gasteiger partial charge in [0.15, 0.2) is 0 Å². The molecule has 1 aromatic heterocycles. The van der Waals surface area contributed by atoms with Crippen molar-refractivity contribution in [2.75, 3.05) is 0 Å². The van der Waals surface area contributed by atoms with Gasteiger partial charge in [0.25, 0.3) is 5.91 Å². The van der Waals surface area contributed by atoms with Crippen molar-refractivity contribution >= 4 is 12.0 Å². The van der Waals surface area contributed by atoms with Crippen molar-refractivity contribution in [1.29, 1.82) is 0 Å². The summed E-state index contributed by atoms with van der Waals surface area (Å²) in [7, 11) is 0. The Kier molecular flexibility index (Phi) is 5.51. The molecule has 130 valence electrons. The van der Waals surface area contributed by atoms with E-state index in [0.29, 0.717) is 12.2 Å². The Morgan fingerprint density at radius 3 is 2.65 bits per heavy atom. The first-order chi connectivity index (χ1) is 12.7. The summed E-state index contributed by atoms with van der Waals surface area (Å²) in [5.74, 6) is -0.0731. The molecule has 3 rings (SSSR count). The number of benzene rings is 1. The highest BCUT2D eigenvalue weighted by Gasteiger charge is 2.19. The maximum atomic E-state index is 11.5. The summed E-state index contributed by atoms with van der Waals surface area (Å²) in [5.41, 5.74) is 4.88. The summed E-state index contributed by atoms with van der Waals surface area (Å²) < 4.78 is 0. The molecule has 1 atom stereocenters. The summed E-state index contributed by atoms with van der Waals surface area (Å²) in [6.07, 6.45) is 15.5. The van der Waals surface area contributed by atoms with E-state index in [1.807, 2.05) is 48.6 Å². The van der Waals surface area contributed by atoms with Gasteiger partial charge in [-0.2, -0.15) is 0 Å². The smallest absolute Gasteiger partial charge is 0.277 e. The van der Waals surface area contributed by atoms with E-state index < -0.39 is 5.91 Å². The molecule has 0 saturated heterocycles. The minimum atomic E-state index is -0.633. The SMILES string of the molecule is C=C1/C=C\C=C/CC(c2ncc(C(=O)NO)cn2)c2ccccc2/C=C\1. The second kappa shape index (κ2) is 8.18. The molecule has 0 spiro atoms. The summed E-state index contributed by atoms with van der Waals surface area (Å²) in [6.45, 7) is 4.01. The molecule has 2 N–H and O–H groups in total. The number of amides is 1. The Labute approximate surface area is 152 Å². The number of allylic oxidation sites excluding steroid dienone is 6. The second-order valence-corrected chi connectivity index (χ2v) is 5.88. The third-order valence-corrected chi connectivity index (χ3v) is 4.12. The van der Waals surface area contributed by atoms with Crippen molar-refractivity contribution in [3.05, 3.63) is 102 Å². The predicted octanol–water partition coefficient (Wildman–Crippen LogP) is 3.81. The monoisotopic (exact) mass is 345 g/mol. The van der Waals surface area contributed by atoms with Crippen LogP contribution in [-0.4, -0.2) is 21.1 Å². The number of aromatic nitrogens is 2. The quantitative estimate of drug-likeness (QED) is 0.641. The van der Waals surface area contributed by atoms with Crippen molar-refractivity contribution in [3.8, 4) is 0 Å². The number of fused-ring (bicyclic) bond motifs is 1. The minimum absolute atomic E-state index is 0.0573. The molecule has 0 saturated carbocycles. The Morgan fingerprint density at radius 2 is 1.88 bits per heavy atom. The first kappa shape index (κ1) is 17.5. The minimum Gasteiger partial charge on any atom is -0.288 e. The lowest BCUT2D eigenvalue weighted by atomic mass is 9.90. The van der Waals surface area contributed by atoms with Gasteiger partial charge in [-0.25, -0.2) is 15.4 Å². The van der Waals surface area contributed by atoms with Gasteiger partial charge < -0.3 is 0 Å². The van der Waals surface area contributed by atoms with Crippen LogP contribution in [0.1, 0.15) is 39.6 Å². The molecule has 0 aliphatic heterocycles. The van der Waals surface area contributed by atoms with E-state index >= 15 is 0 Å². The molecule has 1 amide bonds. The predicted molar refractivity (Wildman–Crippen MR) is 101 cm³/mol.